The number of carbonyl (C=O) groups excluding carboxylic acids is 1. The number of hydrogen-bond acceptors (Lipinski definition) is 3. The second kappa shape index (κ2) is 7.29. The number of nitrogens with zero attached hydrogens (tertiary/aromatic N) is 1. The Hall–Kier alpha value is -1.55. The predicted octanol–water partition coefficient (Wildman–Crippen LogP) is 3.31. The molecule has 0 unspecified atom stereocenters. The Kier molecular flexibility index (Phi) is 6.02. The molecule has 5 heteroatoms. The van der Waals surface area contributed by atoms with Crippen LogP contribution in [0.3, 0.4) is 0 Å². The van der Waals surface area contributed by atoms with E-state index in [1.165, 1.54) is 6.26 Å². The van der Waals surface area contributed by atoms with Gasteiger partial charge in [-0.15, -0.1) is 0 Å². The Morgan fingerprint density at radius 1 is 1.50 bits per heavy atom. The number of aromatic nitrogens is 1. The zero-order valence-electron chi connectivity index (χ0n) is 12.2. The highest BCUT2D eigenvalue weighted by atomic mass is 35.5. The van der Waals surface area contributed by atoms with E-state index in [9.17, 15) is 4.79 Å². The first-order valence-electron chi connectivity index (χ1n) is 6.53. The molecule has 1 rings (SSSR count). The molecule has 0 saturated heterocycles. The van der Waals surface area contributed by atoms with Crippen LogP contribution >= 0.6 is 11.6 Å². The molecule has 0 fully saturated rings. The van der Waals surface area contributed by atoms with Crippen molar-refractivity contribution in [3.8, 4) is 0 Å². The molecule has 0 radical (unpaired) electrons. The summed E-state index contributed by atoms with van der Waals surface area (Å²) in [5.41, 5.74) is 1.17. The highest BCUT2D eigenvalue weighted by Crippen LogP contribution is 2.23. The van der Waals surface area contributed by atoms with Gasteiger partial charge in [0.05, 0.1) is 12.9 Å². The van der Waals surface area contributed by atoms with Gasteiger partial charge in [0.25, 0.3) is 5.91 Å². The van der Waals surface area contributed by atoms with Crippen molar-refractivity contribution in [3.05, 3.63) is 41.4 Å². The largest absolute Gasteiger partial charge is 0.502 e. The zero-order valence-corrected chi connectivity index (χ0v) is 13.0. The minimum absolute atomic E-state index is 0.154. The lowest BCUT2D eigenvalue weighted by molar-refractivity contribution is 0.0950. The molecule has 1 aromatic rings. The lowest BCUT2D eigenvalue weighted by atomic mass is 9.91. The van der Waals surface area contributed by atoms with Gasteiger partial charge in [-0.25, -0.2) is 4.98 Å². The molecule has 0 spiro atoms. The second-order valence-electron chi connectivity index (χ2n) is 5.46. The van der Waals surface area contributed by atoms with Crippen LogP contribution in [0.15, 0.2) is 25.0 Å². The van der Waals surface area contributed by atoms with Gasteiger partial charge in [0.15, 0.2) is 0 Å². The first-order chi connectivity index (χ1) is 9.34. The van der Waals surface area contributed by atoms with Gasteiger partial charge in [0.2, 0.25) is 0 Å². The van der Waals surface area contributed by atoms with Crippen LogP contribution in [-0.4, -0.2) is 24.0 Å². The predicted molar refractivity (Wildman–Crippen MR) is 81.0 cm³/mol. The van der Waals surface area contributed by atoms with Crippen molar-refractivity contribution in [2.24, 2.45) is 0 Å². The molecule has 0 saturated carbocycles. The molecule has 0 atom stereocenters. The quantitative estimate of drug-likeness (QED) is 0.498. The number of nitrogens with one attached hydrogen (secondary N) is 1. The number of hydrogen-bond donors (Lipinski definition) is 1. The molecule has 110 valence electrons. The average molecular weight is 297 g/mol. The Balaban J connectivity index is 2.68. The summed E-state index contributed by atoms with van der Waals surface area (Å²) in [7, 11) is 0. The highest BCUT2D eigenvalue weighted by molar-refractivity contribution is 6.29. The van der Waals surface area contributed by atoms with Crippen LogP contribution in [0.5, 0.6) is 0 Å². The van der Waals surface area contributed by atoms with Gasteiger partial charge in [-0.1, -0.05) is 39.0 Å². The normalized spacial score (nSPS) is 11.0. The van der Waals surface area contributed by atoms with E-state index in [1.807, 2.05) is 20.8 Å². The standard InChI is InChI=1S/C15H21ClN2O2/c1-5-20-8-6-7-17-14(19)11-9-12(15(2,3)4)18-13(16)10-11/h5,9-10H,1,6-8H2,2-4H3,(H,17,19). The van der Waals surface area contributed by atoms with Crippen LogP contribution in [0.1, 0.15) is 43.2 Å². The molecule has 1 heterocycles. The number of ether oxygens (including phenoxy) is 1. The molecular formula is C15H21ClN2O2. The third-order valence-corrected chi connectivity index (χ3v) is 2.86. The minimum atomic E-state index is -0.155. The summed E-state index contributed by atoms with van der Waals surface area (Å²) >= 11 is 5.98. The van der Waals surface area contributed by atoms with Gasteiger partial charge in [-0.05, 0) is 18.6 Å². The summed E-state index contributed by atoms with van der Waals surface area (Å²) in [6.07, 6.45) is 2.11. The Labute approximate surface area is 125 Å². The maximum absolute atomic E-state index is 12.1. The highest BCUT2D eigenvalue weighted by Gasteiger charge is 2.18. The average Bonchev–Trinajstić information content (AvgIpc) is 2.36. The third-order valence-electron chi connectivity index (χ3n) is 2.67. The van der Waals surface area contributed by atoms with Crippen molar-refractivity contribution >= 4 is 17.5 Å². The molecule has 0 aliphatic heterocycles. The molecule has 1 amide bonds. The number of carbonyl (C=O) groups is 1. The Morgan fingerprint density at radius 3 is 2.80 bits per heavy atom. The van der Waals surface area contributed by atoms with Crippen LogP contribution in [0.25, 0.3) is 0 Å². The number of rotatable bonds is 6. The summed E-state index contributed by atoms with van der Waals surface area (Å²) in [4.78, 5) is 16.3. The first kappa shape index (κ1) is 16.5. The van der Waals surface area contributed by atoms with Crippen LogP contribution in [-0.2, 0) is 10.2 Å². The summed E-state index contributed by atoms with van der Waals surface area (Å²) in [5.74, 6) is -0.154. The Bertz CT molecular complexity index is 481. The fraction of sp³-hybridized carbons (Fsp3) is 0.467. The van der Waals surface area contributed by atoms with E-state index in [2.05, 4.69) is 16.9 Å². The number of pyridine rings is 1. The van der Waals surface area contributed by atoms with Gasteiger partial charge in [0, 0.05) is 23.2 Å². The molecule has 0 aromatic carbocycles. The first-order valence-corrected chi connectivity index (χ1v) is 6.91. The van der Waals surface area contributed by atoms with E-state index in [4.69, 9.17) is 16.3 Å². The van der Waals surface area contributed by atoms with Crippen molar-refractivity contribution in [2.45, 2.75) is 32.6 Å². The van der Waals surface area contributed by atoms with Crippen LogP contribution in [0, 0.1) is 0 Å². The van der Waals surface area contributed by atoms with E-state index in [0.717, 1.165) is 12.1 Å². The van der Waals surface area contributed by atoms with Crippen LogP contribution < -0.4 is 5.32 Å². The van der Waals surface area contributed by atoms with Gasteiger partial charge in [0.1, 0.15) is 5.15 Å². The van der Waals surface area contributed by atoms with Crippen LogP contribution in [0.2, 0.25) is 5.15 Å². The molecule has 1 aromatic heterocycles. The van der Waals surface area contributed by atoms with Gasteiger partial charge in [-0.3, -0.25) is 4.79 Å². The fourth-order valence-corrected chi connectivity index (χ4v) is 1.76. The maximum Gasteiger partial charge on any atom is 0.251 e. The fourth-order valence-electron chi connectivity index (χ4n) is 1.56. The Morgan fingerprint density at radius 2 is 2.20 bits per heavy atom. The molecule has 0 bridgehead atoms. The van der Waals surface area contributed by atoms with E-state index in [1.54, 1.807) is 12.1 Å². The monoisotopic (exact) mass is 296 g/mol. The van der Waals surface area contributed by atoms with Crippen molar-refractivity contribution in [2.75, 3.05) is 13.2 Å². The number of amides is 1. The van der Waals surface area contributed by atoms with Crippen molar-refractivity contribution in [3.63, 3.8) is 0 Å². The summed E-state index contributed by atoms with van der Waals surface area (Å²) in [5, 5.41) is 3.16. The summed E-state index contributed by atoms with van der Waals surface area (Å²) < 4.78 is 4.99. The minimum Gasteiger partial charge on any atom is -0.502 e. The topological polar surface area (TPSA) is 51.2 Å². The second-order valence-corrected chi connectivity index (χ2v) is 5.85. The molecule has 0 aliphatic carbocycles. The summed E-state index contributed by atoms with van der Waals surface area (Å²) in [6, 6.07) is 3.35. The van der Waals surface area contributed by atoms with Crippen molar-refractivity contribution < 1.29 is 9.53 Å². The maximum atomic E-state index is 12.1. The van der Waals surface area contributed by atoms with Gasteiger partial charge < -0.3 is 10.1 Å². The third kappa shape index (κ3) is 5.21. The molecule has 1 N–H and O–H groups in total. The number of halogens is 1. The van der Waals surface area contributed by atoms with Crippen molar-refractivity contribution in [1.29, 1.82) is 0 Å². The lowest BCUT2D eigenvalue weighted by Gasteiger charge is -2.18. The SMILES string of the molecule is C=COCCCNC(=O)c1cc(Cl)nc(C(C)(C)C)c1. The van der Waals surface area contributed by atoms with Gasteiger partial charge >= 0.3 is 0 Å². The van der Waals surface area contributed by atoms with Gasteiger partial charge in [-0.2, -0.15) is 0 Å². The lowest BCUT2D eigenvalue weighted by Crippen LogP contribution is -2.26. The molecule has 4 nitrogen and oxygen atoms in total. The molecule has 0 aliphatic rings. The van der Waals surface area contributed by atoms with E-state index in [-0.39, 0.29) is 11.3 Å². The summed E-state index contributed by atoms with van der Waals surface area (Å²) in [6.45, 7) is 10.6. The van der Waals surface area contributed by atoms with Crippen molar-refractivity contribution in [1.82, 2.24) is 10.3 Å². The van der Waals surface area contributed by atoms with E-state index < -0.39 is 0 Å². The molecule has 20 heavy (non-hydrogen) atoms. The van der Waals surface area contributed by atoms with E-state index >= 15 is 0 Å². The smallest absolute Gasteiger partial charge is 0.251 e. The zero-order chi connectivity index (χ0) is 15.2. The molecular weight excluding hydrogens is 276 g/mol. The van der Waals surface area contributed by atoms with Crippen LogP contribution in [0.4, 0.5) is 0 Å². The van der Waals surface area contributed by atoms with E-state index in [0.29, 0.717) is 23.9 Å².